The summed E-state index contributed by atoms with van der Waals surface area (Å²) in [6.45, 7) is 2.49. The normalized spacial score (nSPS) is 11.6. The summed E-state index contributed by atoms with van der Waals surface area (Å²) in [7, 11) is 0. The Bertz CT molecular complexity index is 650. The largest absolute Gasteiger partial charge is 0.480 e. The van der Waals surface area contributed by atoms with Gasteiger partial charge in [-0.2, -0.15) is 0 Å². The monoisotopic (exact) mass is 382 g/mol. The molecular formula is C18H23ClN2O3S. The summed E-state index contributed by atoms with van der Waals surface area (Å²) in [4.78, 5) is 26.1. The first-order valence-corrected chi connectivity index (χ1v) is 8.80. The number of thiophene rings is 1. The van der Waals surface area contributed by atoms with Gasteiger partial charge in [-0.25, -0.2) is 0 Å². The number of carboxylic acids is 1. The molecule has 0 saturated carbocycles. The van der Waals surface area contributed by atoms with E-state index < -0.39 is 5.97 Å². The fourth-order valence-corrected chi connectivity index (χ4v) is 3.35. The lowest BCUT2D eigenvalue weighted by Crippen LogP contribution is -2.41. The van der Waals surface area contributed by atoms with Crippen molar-refractivity contribution >= 4 is 35.6 Å². The second kappa shape index (κ2) is 10.9. The quantitative estimate of drug-likeness (QED) is 0.698. The summed E-state index contributed by atoms with van der Waals surface area (Å²) < 4.78 is 0. The van der Waals surface area contributed by atoms with Crippen molar-refractivity contribution in [2.24, 2.45) is 0 Å². The van der Waals surface area contributed by atoms with Gasteiger partial charge in [-0.1, -0.05) is 43.3 Å². The zero-order valence-corrected chi connectivity index (χ0v) is 15.7. The molecule has 0 fully saturated rings. The second-order valence-corrected chi connectivity index (χ2v) is 6.51. The first-order chi connectivity index (χ1) is 11.6. The molecule has 25 heavy (non-hydrogen) atoms. The Morgan fingerprint density at radius 3 is 2.44 bits per heavy atom. The highest BCUT2D eigenvalue weighted by molar-refractivity contribution is 7.10. The van der Waals surface area contributed by atoms with Gasteiger partial charge in [0.15, 0.2) is 0 Å². The number of carbonyl (C=O) groups is 2. The highest BCUT2D eigenvalue weighted by Gasteiger charge is 2.20. The van der Waals surface area contributed by atoms with Crippen LogP contribution in [0.25, 0.3) is 0 Å². The molecule has 1 amide bonds. The van der Waals surface area contributed by atoms with E-state index >= 15 is 0 Å². The number of hydrogen-bond donors (Lipinski definition) is 2. The molecule has 1 atom stereocenters. The number of amides is 1. The van der Waals surface area contributed by atoms with Crippen molar-refractivity contribution in [2.45, 2.75) is 19.4 Å². The number of nitrogens with one attached hydrogen (secondary N) is 1. The molecular weight excluding hydrogens is 360 g/mol. The minimum atomic E-state index is -0.922. The number of aliphatic carboxylic acids is 1. The molecule has 5 nitrogen and oxygen atoms in total. The SMILES string of the molecule is CCCN(CC(=O)O)CC(=O)NC(c1ccccc1)c1cccs1.Cl. The molecule has 2 rings (SSSR count). The third-order valence-corrected chi connectivity index (χ3v) is 4.47. The Labute approximate surface area is 158 Å². The van der Waals surface area contributed by atoms with Crippen molar-refractivity contribution in [3.05, 3.63) is 58.3 Å². The Morgan fingerprint density at radius 2 is 1.88 bits per heavy atom. The Kier molecular flexibility index (Phi) is 9.20. The van der Waals surface area contributed by atoms with E-state index in [1.165, 1.54) is 0 Å². The fraction of sp³-hybridized carbons (Fsp3) is 0.333. The van der Waals surface area contributed by atoms with Crippen LogP contribution in [0, 0.1) is 0 Å². The van der Waals surface area contributed by atoms with E-state index in [1.54, 1.807) is 16.2 Å². The first-order valence-electron chi connectivity index (χ1n) is 7.92. The van der Waals surface area contributed by atoms with Crippen LogP contribution in [0.5, 0.6) is 0 Å². The van der Waals surface area contributed by atoms with Crippen molar-refractivity contribution < 1.29 is 14.7 Å². The highest BCUT2D eigenvalue weighted by Crippen LogP contribution is 2.25. The van der Waals surface area contributed by atoms with Crippen LogP contribution < -0.4 is 5.32 Å². The summed E-state index contributed by atoms with van der Waals surface area (Å²) in [5.41, 5.74) is 1.01. The molecule has 1 heterocycles. The number of carbonyl (C=O) groups excluding carboxylic acids is 1. The summed E-state index contributed by atoms with van der Waals surface area (Å²) in [6.07, 6.45) is 0.799. The molecule has 0 aliphatic rings. The zero-order valence-electron chi connectivity index (χ0n) is 14.1. The van der Waals surface area contributed by atoms with E-state index in [0.717, 1.165) is 16.9 Å². The molecule has 1 aromatic heterocycles. The number of carboxylic acid groups (broad SMARTS) is 1. The fourth-order valence-electron chi connectivity index (χ4n) is 2.55. The van der Waals surface area contributed by atoms with E-state index in [9.17, 15) is 9.59 Å². The predicted octanol–water partition coefficient (Wildman–Crippen LogP) is 3.17. The number of benzene rings is 1. The van der Waals surface area contributed by atoms with Gasteiger partial charge in [-0.3, -0.25) is 14.5 Å². The standard InChI is InChI=1S/C18H22N2O3S.ClH/c1-2-10-20(13-17(22)23)12-16(21)19-18(15-9-6-11-24-15)14-7-4-3-5-8-14;/h3-9,11,18H,2,10,12-13H2,1H3,(H,19,21)(H,22,23);1H. The van der Waals surface area contributed by atoms with Gasteiger partial charge in [0, 0.05) is 4.88 Å². The van der Waals surface area contributed by atoms with Crippen molar-refractivity contribution in [3.8, 4) is 0 Å². The van der Waals surface area contributed by atoms with Crippen LogP contribution in [0.1, 0.15) is 29.8 Å². The minimum Gasteiger partial charge on any atom is -0.480 e. The molecule has 0 saturated heterocycles. The number of halogens is 1. The highest BCUT2D eigenvalue weighted by atomic mass is 35.5. The molecule has 0 aliphatic heterocycles. The van der Waals surface area contributed by atoms with Gasteiger partial charge >= 0.3 is 5.97 Å². The average Bonchev–Trinajstić information content (AvgIpc) is 3.07. The summed E-state index contributed by atoms with van der Waals surface area (Å²) in [6, 6.07) is 13.5. The lowest BCUT2D eigenvalue weighted by atomic mass is 10.1. The molecule has 0 radical (unpaired) electrons. The smallest absolute Gasteiger partial charge is 0.317 e. The van der Waals surface area contributed by atoms with E-state index in [1.807, 2.05) is 54.8 Å². The molecule has 0 spiro atoms. The van der Waals surface area contributed by atoms with Gasteiger partial charge in [-0.05, 0) is 30.0 Å². The minimum absolute atomic E-state index is 0. The third kappa shape index (κ3) is 6.86. The van der Waals surface area contributed by atoms with Crippen LogP contribution in [0.3, 0.4) is 0 Å². The number of hydrogen-bond acceptors (Lipinski definition) is 4. The van der Waals surface area contributed by atoms with E-state index in [4.69, 9.17) is 5.11 Å². The van der Waals surface area contributed by atoms with Gasteiger partial charge in [0.1, 0.15) is 0 Å². The maximum atomic E-state index is 12.4. The maximum absolute atomic E-state index is 12.4. The average molecular weight is 383 g/mol. The van der Waals surface area contributed by atoms with Crippen molar-refractivity contribution in [3.63, 3.8) is 0 Å². The van der Waals surface area contributed by atoms with Gasteiger partial charge < -0.3 is 10.4 Å². The van der Waals surface area contributed by atoms with E-state index in [0.29, 0.717) is 6.54 Å². The van der Waals surface area contributed by atoms with E-state index in [-0.39, 0.29) is 37.4 Å². The lowest BCUT2D eigenvalue weighted by molar-refractivity contribution is -0.138. The zero-order chi connectivity index (χ0) is 17.4. The maximum Gasteiger partial charge on any atom is 0.317 e. The van der Waals surface area contributed by atoms with Crippen LogP contribution in [0.15, 0.2) is 47.8 Å². The summed E-state index contributed by atoms with van der Waals surface area (Å²) in [5.74, 6) is -1.10. The molecule has 2 N–H and O–H groups in total. The molecule has 0 bridgehead atoms. The molecule has 1 aromatic carbocycles. The summed E-state index contributed by atoms with van der Waals surface area (Å²) in [5, 5.41) is 14.0. The third-order valence-electron chi connectivity index (χ3n) is 3.53. The Balaban J connectivity index is 0.00000312. The first kappa shape index (κ1) is 21.2. The number of nitrogens with zero attached hydrogens (tertiary/aromatic N) is 1. The Morgan fingerprint density at radius 1 is 1.16 bits per heavy atom. The summed E-state index contributed by atoms with van der Waals surface area (Å²) >= 11 is 1.59. The molecule has 7 heteroatoms. The van der Waals surface area contributed by atoms with Gasteiger partial charge in [0.25, 0.3) is 0 Å². The van der Waals surface area contributed by atoms with Crippen LogP contribution in [-0.4, -0.2) is 41.5 Å². The van der Waals surface area contributed by atoms with Crippen molar-refractivity contribution in [1.29, 1.82) is 0 Å². The molecule has 136 valence electrons. The molecule has 1 unspecified atom stereocenters. The van der Waals surface area contributed by atoms with Crippen LogP contribution in [0.4, 0.5) is 0 Å². The number of rotatable bonds is 9. The van der Waals surface area contributed by atoms with Crippen LogP contribution >= 0.6 is 23.7 Å². The lowest BCUT2D eigenvalue weighted by Gasteiger charge is -2.22. The van der Waals surface area contributed by atoms with Gasteiger partial charge in [0.2, 0.25) is 5.91 Å². The Hall–Kier alpha value is -1.89. The predicted molar refractivity (Wildman–Crippen MR) is 102 cm³/mol. The van der Waals surface area contributed by atoms with Crippen molar-refractivity contribution in [1.82, 2.24) is 10.2 Å². The second-order valence-electron chi connectivity index (χ2n) is 5.53. The van der Waals surface area contributed by atoms with Gasteiger partial charge in [0.05, 0.1) is 19.1 Å². The molecule has 2 aromatic rings. The topological polar surface area (TPSA) is 69.6 Å². The van der Waals surface area contributed by atoms with Gasteiger partial charge in [-0.15, -0.1) is 23.7 Å². The van der Waals surface area contributed by atoms with Crippen LogP contribution in [-0.2, 0) is 9.59 Å². The van der Waals surface area contributed by atoms with E-state index in [2.05, 4.69) is 5.32 Å². The molecule has 0 aliphatic carbocycles. The van der Waals surface area contributed by atoms with Crippen LogP contribution in [0.2, 0.25) is 0 Å². The van der Waals surface area contributed by atoms with Crippen molar-refractivity contribution in [2.75, 3.05) is 19.6 Å².